The number of hydrogen-bond acceptors (Lipinski definition) is 4. The predicted octanol–water partition coefficient (Wildman–Crippen LogP) is 2.14. The van der Waals surface area contributed by atoms with Crippen molar-refractivity contribution < 1.29 is 13.2 Å². The third-order valence-electron chi connectivity index (χ3n) is 3.54. The summed E-state index contributed by atoms with van der Waals surface area (Å²) in [5.41, 5.74) is 1.48. The second-order valence-corrected chi connectivity index (χ2v) is 8.22. The molecule has 0 fully saturated rings. The van der Waals surface area contributed by atoms with Gasteiger partial charge in [-0.3, -0.25) is 9.48 Å². The lowest BCUT2D eigenvalue weighted by Crippen LogP contribution is -2.31. The van der Waals surface area contributed by atoms with Crippen LogP contribution in [0.5, 0.6) is 0 Å². The van der Waals surface area contributed by atoms with Gasteiger partial charge in [-0.1, -0.05) is 32.9 Å². The molecule has 2 rings (SSSR count). The van der Waals surface area contributed by atoms with Crippen molar-refractivity contribution >= 4 is 15.9 Å². The van der Waals surface area contributed by atoms with Gasteiger partial charge in [0, 0.05) is 13.2 Å². The van der Waals surface area contributed by atoms with Crippen LogP contribution in [0.1, 0.15) is 42.3 Å². The third-order valence-corrected chi connectivity index (χ3v) is 5.01. The van der Waals surface area contributed by atoms with Crippen LogP contribution >= 0.6 is 0 Å². The lowest BCUT2D eigenvalue weighted by molar-refractivity contribution is 0.0981. The number of hydrogen-bond donors (Lipinski definition) is 1. The maximum Gasteiger partial charge on any atom is 0.268 e. The van der Waals surface area contributed by atoms with E-state index in [0.29, 0.717) is 5.56 Å². The molecule has 0 aliphatic carbocycles. The van der Waals surface area contributed by atoms with Crippen molar-refractivity contribution in [3.63, 3.8) is 0 Å². The van der Waals surface area contributed by atoms with Gasteiger partial charge in [0.1, 0.15) is 0 Å². The van der Waals surface area contributed by atoms with E-state index in [1.165, 1.54) is 17.1 Å². The molecule has 1 aromatic heterocycles. The second kappa shape index (κ2) is 5.81. The van der Waals surface area contributed by atoms with Gasteiger partial charge in [0.05, 0.1) is 16.7 Å². The van der Waals surface area contributed by atoms with Gasteiger partial charge in [-0.2, -0.15) is 5.10 Å². The van der Waals surface area contributed by atoms with Crippen LogP contribution in [-0.2, 0) is 22.5 Å². The predicted molar refractivity (Wildman–Crippen MR) is 87.7 cm³/mol. The van der Waals surface area contributed by atoms with Gasteiger partial charge in [-0.15, -0.1) is 0 Å². The average molecular weight is 335 g/mol. The van der Waals surface area contributed by atoms with Crippen molar-refractivity contribution in [3.8, 4) is 0 Å². The lowest BCUT2D eigenvalue weighted by Gasteiger charge is -2.20. The highest BCUT2D eigenvalue weighted by Gasteiger charge is 2.24. The Labute approximate surface area is 136 Å². The van der Waals surface area contributed by atoms with E-state index in [9.17, 15) is 13.2 Å². The molecule has 0 atom stereocenters. The Balaban J connectivity index is 2.38. The molecule has 0 unspecified atom stereocenters. The molecule has 1 N–H and O–H groups in total. The molecule has 1 heterocycles. The fourth-order valence-corrected chi connectivity index (χ4v) is 3.38. The minimum atomic E-state index is -3.95. The van der Waals surface area contributed by atoms with E-state index in [0.717, 1.165) is 5.56 Å². The maximum atomic E-state index is 12.6. The Morgan fingerprint density at radius 2 is 1.91 bits per heavy atom. The van der Waals surface area contributed by atoms with E-state index < -0.39 is 15.9 Å². The molecule has 23 heavy (non-hydrogen) atoms. The summed E-state index contributed by atoms with van der Waals surface area (Å²) in [6.45, 7) is 7.71. The van der Waals surface area contributed by atoms with E-state index in [1.54, 1.807) is 26.1 Å². The van der Waals surface area contributed by atoms with Crippen LogP contribution in [0.25, 0.3) is 0 Å². The Hall–Kier alpha value is -2.15. The zero-order valence-corrected chi connectivity index (χ0v) is 14.7. The van der Waals surface area contributed by atoms with Gasteiger partial charge in [0.25, 0.3) is 15.9 Å². The highest BCUT2D eigenvalue weighted by Crippen LogP contribution is 2.26. The number of nitrogens with one attached hydrogen (secondary N) is 1. The highest BCUT2D eigenvalue weighted by molar-refractivity contribution is 7.90. The van der Waals surface area contributed by atoms with E-state index in [2.05, 4.69) is 9.82 Å². The zero-order valence-electron chi connectivity index (χ0n) is 13.9. The molecule has 0 spiro atoms. The minimum Gasteiger partial charge on any atom is -0.275 e. The number of amides is 1. The van der Waals surface area contributed by atoms with Gasteiger partial charge in [0.2, 0.25) is 0 Å². The number of aromatic nitrogens is 2. The standard InChI is InChI=1S/C16H21N3O3S/c1-11-6-7-13(16(2,3)4)8-14(11)23(21,22)18-15(20)12-9-17-19(5)10-12/h6-10H,1-5H3,(H,18,20). The molecule has 2 aromatic rings. The fourth-order valence-electron chi connectivity index (χ4n) is 2.13. The largest absolute Gasteiger partial charge is 0.275 e. The summed E-state index contributed by atoms with van der Waals surface area (Å²) in [5.74, 6) is -0.696. The number of nitrogens with zero attached hydrogens (tertiary/aromatic N) is 2. The van der Waals surface area contributed by atoms with Crippen LogP contribution in [0.15, 0.2) is 35.5 Å². The summed E-state index contributed by atoms with van der Waals surface area (Å²) >= 11 is 0. The van der Waals surface area contributed by atoms with Crippen LogP contribution in [0.4, 0.5) is 0 Å². The molecule has 0 aliphatic rings. The van der Waals surface area contributed by atoms with Crippen molar-refractivity contribution in [2.24, 2.45) is 7.05 Å². The Morgan fingerprint density at radius 1 is 1.26 bits per heavy atom. The average Bonchev–Trinajstić information content (AvgIpc) is 2.84. The summed E-state index contributed by atoms with van der Waals surface area (Å²) < 4.78 is 28.7. The molecule has 6 nitrogen and oxygen atoms in total. The van der Waals surface area contributed by atoms with Crippen LogP contribution in [0.3, 0.4) is 0 Å². The lowest BCUT2D eigenvalue weighted by atomic mass is 9.87. The van der Waals surface area contributed by atoms with Gasteiger partial charge >= 0.3 is 0 Å². The SMILES string of the molecule is Cc1ccc(C(C)(C)C)cc1S(=O)(=O)NC(=O)c1cnn(C)c1. The Bertz CT molecular complexity index is 846. The normalized spacial score (nSPS) is 12.2. The molecule has 124 valence electrons. The minimum absolute atomic E-state index is 0.113. The number of carbonyl (C=O) groups excluding carboxylic acids is 1. The van der Waals surface area contributed by atoms with Gasteiger partial charge in [0.15, 0.2) is 0 Å². The first-order chi connectivity index (χ1) is 10.5. The van der Waals surface area contributed by atoms with Crippen molar-refractivity contribution in [3.05, 3.63) is 47.3 Å². The van der Waals surface area contributed by atoms with Crippen molar-refractivity contribution in [2.75, 3.05) is 0 Å². The zero-order chi connectivity index (χ0) is 17.4. The fraction of sp³-hybridized carbons (Fsp3) is 0.375. The molecular formula is C16H21N3O3S. The molecule has 1 amide bonds. The Morgan fingerprint density at radius 3 is 2.43 bits per heavy atom. The molecule has 0 aliphatic heterocycles. The van der Waals surface area contributed by atoms with E-state index >= 15 is 0 Å². The summed E-state index contributed by atoms with van der Waals surface area (Å²) in [6, 6.07) is 5.27. The van der Waals surface area contributed by atoms with Crippen LogP contribution < -0.4 is 4.72 Å². The van der Waals surface area contributed by atoms with Crippen molar-refractivity contribution in [1.29, 1.82) is 0 Å². The van der Waals surface area contributed by atoms with Crippen molar-refractivity contribution in [1.82, 2.24) is 14.5 Å². The first kappa shape index (κ1) is 17.2. The summed E-state index contributed by atoms with van der Waals surface area (Å²) in [4.78, 5) is 12.2. The van der Waals surface area contributed by atoms with E-state index in [4.69, 9.17) is 0 Å². The van der Waals surface area contributed by atoms with E-state index in [-0.39, 0.29) is 15.9 Å². The van der Waals surface area contributed by atoms with Crippen LogP contribution in [0.2, 0.25) is 0 Å². The quantitative estimate of drug-likeness (QED) is 0.932. The molecule has 0 bridgehead atoms. The molecule has 0 saturated carbocycles. The summed E-state index contributed by atoms with van der Waals surface area (Å²) in [5, 5.41) is 3.87. The maximum absolute atomic E-state index is 12.6. The first-order valence-electron chi connectivity index (χ1n) is 7.17. The summed E-state index contributed by atoms with van der Waals surface area (Å²) in [7, 11) is -2.29. The highest BCUT2D eigenvalue weighted by atomic mass is 32.2. The number of aryl methyl sites for hydroxylation is 2. The molecule has 0 radical (unpaired) electrons. The Kier molecular flexibility index (Phi) is 4.34. The topological polar surface area (TPSA) is 81.1 Å². The molecule has 0 saturated heterocycles. The first-order valence-corrected chi connectivity index (χ1v) is 8.66. The number of rotatable bonds is 3. The van der Waals surface area contributed by atoms with E-state index in [1.807, 2.05) is 26.8 Å². The smallest absolute Gasteiger partial charge is 0.268 e. The second-order valence-electron chi connectivity index (χ2n) is 6.57. The monoisotopic (exact) mass is 335 g/mol. The summed E-state index contributed by atoms with van der Waals surface area (Å²) in [6.07, 6.45) is 2.78. The molecule has 7 heteroatoms. The molecule has 1 aromatic carbocycles. The number of benzene rings is 1. The van der Waals surface area contributed by atoms with Crippen LogP contribution in [0, 0.1) is 6.92 Å². The third kappa shape index (κ3) is 3.79. The number of carbonyl (C=O) groups is 1. The van der Waals surface area contributed by atoms with Gasteiger partial charge in [-0.05, 0) is 29.5 Å². The molecular weight excluding hydrogens is 314 g/mol. The van der Waals surface area contributed by atoms with Crippen molar-refractivity contribution in [2.45, 2.75) is 38.0 Å². The van der Waals surface area contributed by atoms with Crippen LogP contribution in [-0.4, -0.2) is 24.1 Å². The number of sulfonamides is 1. The van der Waals surface area contributed by atoms with Gasteiger partial charge in [-0.25, -0.2) is 13.1 Å². The van der Waals surface area contributed by atoms with Gasteiger partial charge < -0.3 is 0 Å².